The molecule has 100 valence electrons. The van der Waals surface area contributed by atoms with E-state index >= 15 is 0 Å². The molecule has 0 radical (unpaired) electrons. The molecule has 0 fully saturated rings. The van der Waals surface area contributed by atoms with E-state index in [2.05, 4.69) is 19.2 Å². The Kier molecular flexibility index (Phi) is 8.08. The number of nitrogens with two attached hydrogens (primary N) is 1. The molecule has 0 heterocycles. The number of amides is 1. The molecule has 4 heteroatoms. The van der Waals surface area contributed by atoms with E-state index in [0.29, 0.717) is 5.92 Å². The second-order valence-corrected chi connectivity index (χ2v) is 4.49. The van der Waals surface area contributed by atoms with Gasteiger partial charge in [-0.15, -0.1) is 12.4 Å². The summed E-state index contributed by atoms with van der Waals surface area (Å²) in [6, 6.07) is 9.69. The molecule has 0 aliphatic carbocycles. The topological polar surface area (TPSA) is 55.1 Å². The third-order valence-electron chi connectivity index (χ3n) is 2.28. The molecule has 0 aromatic heterocycles. The first-order valence-electron chi connectivity index (χ1n) is 5.87. The number of hydrogen-bond donors (Lipinski definition) is 2. The minimum absolute atomic E-state index is 0. The number of nitrogens with one attached hydrogen (secondary N) is 1. The first-order chi connectivity index (χ1) is 8.08. The number of hydrogen-bond acceptors (Lipinski definition) is 2. The van der Waals surface area contributed by atoms with Crippen molar-refractivity contribution in [3.8, 4) is 0 Å². The van der Waals surface area contributed by atoms with Crippen LogP contribution in [0.2, 0.25) is 0 Å². The van der Waals surface area contributed by atoms with Gasteiger partial charge in [-0.1, -0.05) is 44.2 Å². The minimum atomic E-state index is -0.275. The van der Waals surface area contributed by atoms with Crippen LogP contribution in [0, 0.1) is 5.92 Å². The van der Waals surface area contributed by atoms with Crippen LogP contribution in [-0.4, -0.2) is 12.1 Å². The Morgan fingerprint density at radius 2 is 1.94 bits per heavy atom. The highest BCUT2D eigenvalue weighted by Crippen LogP contribution is 2.02. The van der Waals surface area contributed by atoms with Gasteiger partial charge in [0.05, 0.1) is 6.17 Å². The highest BCUT2D eigenvalue weighted by Gasteiger charge is 2.06. The Bertz CT molecular complexity index is 377. The quantitative estimate of drug-likeness (QED) is 0.637. The van der Waals surface area contributed by atoms with E-state index < -0.39 is 0 Å². The number of carbonyl (C=O) groups excluding carboxylic acids is 1. The summed E-state index contributed by atoms with van der Waals surface area (Å²) in [5.41, 5.74) is 6.78. The molecule has 3 N–H and O–H groups in total. The molecule has 0 saturated carbocycles. The van der Waals surface area contributed by atoms with Crippen LogP contribution in [0.4, 0.5) is 0 Å². The van der Waals surface area contributed by atoms with Crippen molar-refractivity contribution in [1.29, 1.82) is 0 Å². The van der Waals surface area contributed by atoms with E-state index in [4.69, 9.17) is 5.73 Å². The zero-order valence-corrected chi connectivity index (χ0v) is 11.6. The number of rotatable bonds is 5. The molecule has 1 unspecified atom stereocenters. The summed E-state index contributed by atoms with van der Waals surface area (Å²) < 4.78 is 0. The standard InChI is InChI=1S/C14H20N2O.ClH/c1-11(2)10-13(15)16-14(17)9-8-12-6-4-3-5-7-12;/h3-9,11,13H,10,15H2,1-2H3,(H,16,17);1H. The average molecular weight is 269 g/mol. The fourth-order valence-corrected chi connectivity index (χ4v) is 1.53. The second kappa shape index (κ2) is 8.72. The van der Waals surface area contributed by atoms with Crippen LogP contribution >= 0.6 is 12.4 Å². The van der Waals surface area contributed by atoms with Gasteiger partial charge in [0.2, 0.25) is 5.91 Å². The summed E-state index contributed by atoms with van der Waals surface area (Å²) in [4.78, 5) is 11.5. The smallest absolute Gasteiger partial charge is 0.245 e. The summed E-state index contributed by atoms with van der Waals surface area (Å²) >= 11 is 0. The van der Waals surface area contributed by atoms with Gasteiger partial charge in [0.25, 0.3) is 0 Å². The van der Waals surface area contributed by atoms with Gasteiger partial charge in [0, 0.05) is 6.08 Å². The highest BCUT2D eigenvalue weighted by molar-refractivity contribution is 5.91. The Morgan fingerprint density at radius 1 is 1.33 bits per heavy atom. The molecule has 0 saturated heterocycles. The molecule has 3 nitrogen and oxygen atoms in total. The summed E-state index contributed by atoms with van der Waals surface area (Å²) in [5, 5.41) is 2.73. The first kappa shape index (κ1) is 16.7. The zero-order chi connectivity index (χ0) is 12.7. The Morgan fingerprint density at radius 3 is 2.50 bits per heavy atom. The van der Waals surface area contributed by atoms with E-state index in [9.17, 15) is 4.79 Å². The molecule has 1 atom stereocenters. The second-order valence-electron chi connectivity index (χ2n) is 4.49. The van der Waals surface area contributed by atoms with Gasteiger partial charge in [-0.25, -0.2) is 0 Å². The van der Waals surface area contributed by atoms with Gasteiger partial charge in [0.15, 0.2) is 0 Å². The van der Waals surface area contributed by atoms with E-state index in [-0.39, 0.29) is 24.5 Å². The third-order valence-corrected chi connectivity index (χ3v) is 2.28. The van der Waals surface area contributed by atoms with E-state index in [1.165, 1.54) is 6.08 Å². The molecule has 0 bridgehead atoms. The van der Waals surface area contributed by atoms with E-state index in [0.717, 1.165) is 12.0 Å². The van der Waals surface area contributed by atoms with Crippen molar-refractivity contribution in [3.63, 3.8) is 0 Å². The maximum absolute atomic E-state index is 11.5. The first-order valence-corrected chi connectivity index (χ1v) is 5.87. The fraction of sp³-hybridized carbons (Fsp3) is 0.357. The summed E-state index contributed by atoms with van der Waals surface area (Å²) in [6.07, 6.45) is 3.79. The number of halogens is 1. The predicted octanol–water partition coefficient (Wildman–Crippen LogP) is 2.57. The average Bonchev–Trinajstić information content (AvgIpc) is 2.26. The molecular formula is C14H21ClN2O. The summed E-state index contributed by atoms with van der Waals surface area (Å²) in [7, 11) is 0. The van der Waals surface area contributed by atoms with Crippen molar-refractivity contribution in [2.24, 2.45) is 11.7 Å². The Labute approximate surface area is 115 Å². The fourth-order valence-electron chi connectivity index (χ4n) is 1.53. The van der Waals surface area contributed by atoms with Crippen molar-refractivity contribution < 1.29 is 4.79 Å². The van der Waals surface area contributed by atoms with Crippen molar-refractivity contribution in [1.82, 2.24) is 5.32 Å². The number of carbonyl (C=O) groups is 1. The molecular weight excluding hydrogens is 248 g/mol. The van der Waals surface area contributed by atoms with Crippen molar-refractivity contribution >= 4 is 24.4 Å². The Hall–Kier alpha value is -1.32. The van der Waals surface area contributed by atoms with Crippen molar-refractivity contribution in [2.75, 3.05) is 0 Å². The van der Waals surface area contributed by atoms with E-state index in [1.54, 1.807) is 6.08 Å². The molecule has 0 aliphatic rings. The van der Waals surface area contributed by atoms with Crippen LogP contribution in [0.25, 0.3) is 6.08 Å². The normalized spacial score (nSPS) is 12.2. The van der Waals surface area contributed by atoms with Crippen LogP contribution in [0.5, 0.6) is 0 Å². The van der Waals surface area contributed by atoms with Gasteiger partial charge in [-0.05, 0) is 24.0 Å². The predicted molar refractivity (Wildman–Crippen MR) is 78.3 cm³/mol. The summed E-state index contributed by atoms with van der Waals surface area (Å²) in [5.74, 6) is 0.324. The van der Waals surface area contributed by atoms with Crippen LogP contribution in [0.3, 0.4) is 0 Å². The highest BCUT2D eigenvalue weighted by atomic mass is 35.5. The lowest BCUT2D eigenvalue weighted by atomic mass is 10.1. The largest absolute Gasteiger partial charge is 0.337 e. The van der Waals surface area contributed by atoms with Crippen molar-refractivity contribution in [2.45, 2.75) is 26.4 Å². The molecule has 1 aromatic carbocycles. The maximum atomic E-state index is 11.5. The molecule has 0 aliphatic heterocycles. The minimum Gasteiger partial charge on any atom is -0.337 e. The molecule has 18 heavy (non-hydrogen) atoms. The Balaban J connectivity index is 0.00000289. The maximum Gasteiger partial charge on any atom is 0.245 e. The number of benzene rings is 1. The SMILES string of the molecule is CC(C)CC(N)NC(=O)C=Cc1ccccc1.Cl. The van der Waals surface area contributed by atoms with Gasteiger partial charge in [-0.2, -0.15) is 0 Å². The van der Waals surface area contributed by atoms with E-state index in [1.807, 2.05) is 30.3 Å². The third kappa shape index (κ3) is 7.09. The van der Waals surface area contributed by atoms with Gasteiger partial charge >= 0.3 is 0 Å². The van der Waals surface area contributed by atoms with Crippen LogP contribution in [0.15, 0.2) is 36.4 Å². The van der Waals surface area contributed by atoms with Gasteiger partial charge < -0.3 is 11.1 Å². The van der Waals surface area contributed by atoms with Crippen LogP contribution in [0.1, 0.15) is 25.8 Å². The summed E-state index contributed by atoms with van der Waals surface area (Å²) in [6.45, 7) is 4.15. The lowest BCUT2D eigenvalue weighted by molar-refractivity contribution is -0.117. The zero-order valence-electron chi connectivity index (χ0n) is 10.8. The lowest BCUT2D eigenvalue weighted by Crippen LogP contribution is -2.41. The van der Waals surface area contributed by atoms with Gasteiger partial charge in [-0.3, -0.25) is 4.79 Å². The molecule has 1 amide bonds. The van der Waals surface area contributed by atoms with Crippen LogP contribution in [-0.2, 0) is 4.79 Å². The monoisotopic (exact) mass is 268 g/mol. The molecule has 0 spiro atoms. The van der Waals surface area contributed by atoms with Crippen LogP contribution < -0.4 is 11.1 Å². The molecule has 1 rings (SSSR count). The molecule has 1 aromatic rings. The van der Waals surface area contributed by atoms with Gasteiger partial charge in [0.1, 0.15) is 0 Å². The van der Waals surface area contributed by atoms with Crippen molar-refractivity contribution in [3.05, 3.63) is 42.0 Å². The lowest BCUT2D eigenvalue weighted by Gasteiger charge is -2.14.